The van der Waals surface area contributed by atoms with Crippen LogP contribution in [-0.4, -0.2) is 40.6 Å². The Kier molecular flexibility index (Phi) is 7.17. The maximum absolute atomic E-state index is 13.1. The smallest absolute Gasteiger partial charge is 0.376 e. The van der Waals surface area contributed by atoms with E-state index in [1.165, 1.54) is 12.1 Å². The van der Waals surface area contributed by atoms with E-state index < -0.39 is 17.7 Å². The van der Waals surface area contributed by atoms with Crippen molar-refractivity contribution >= 4 is 11.8 Å². The molecule has 0 spiro atoms. The lowest BCUT2D eigenvalue weighted by Gasteiger charge is -2.37. The molecule has 33 heavy (non-hydrogen) atoms. The van der Waals surface area contributed by atoms with Crippen molar-refractivity contribution in [3.05, 3.63) is 70.8 Å². The lowest BCUT2D eigenvalue weighted by molar-refractivity contribution is -0.258. The third kappa shape index (κ3) is 5.21. The molecule has 0 saturated heterocycles. The molecule has 0 heterocycles. The number of hydrogen-bond donors (Lipinski definition) is 2. The average Bonchev–Trinajstić information content (AvgIpc) is 2.79. The number of hydrogen-bond acceptors (Lipinski definition) is 3. The SMILES string of the molecule is CCN(C(=O)c1ccc([C@](C)(O)C(F)(F)F)cc1)C1CCC(c2ccc(C(N)=O)cc2)CC1. The third-order valence-corrected chi connectivity index (χ3v) is 6.65. The molecule has 2 aromatic rings. The van der Waals surface area contributed by atoms with Gasteiger partial charge in [-0.3, -0.25) is 9.59 Å². The summed E-state index contributed by atoms with van der Waals surface area (Å²) in [6.07, 6.45) is -1.42. The Morgan fingerprint density at radius 2 is 1.48 bits per heavy atom. The molecule has 0 unspecified atom stereocenters. The van der Waals surface area contributed by atoms with Crippen LogP contribution in [0.5, 0.6) is 0 Å². The Hall–Kier alpha value is -2.87. The van der Waals surface area contributed by atoms with Crippen LogP contribution in [0.3, 0.4) is 0 Å². The molecule has 8 heteroatoms. The van der Waals surface area contributed by atoms with Crippen LogP contribution >= 0.6 is 0 Å². The first-order valence-electron chi connectivity index (χ1n) is 11.1. The van der Waals surface area contributed by atoms with Crippen molar-refractivity contribution in [3.8, 4) is 0 Å². The van der Waals surface area contributed by atoms with Crippen LogP contribution in [0.15, 0.2) is 48.5 Å². The fraction of sp³-hybridized carbons (Fsp3) is 0.440. The van der Waals surface area contributed by atoms with Crippen molar-refractivity contribution < 1.29 is 27.9 Å². The molecule has 3 rings (SSSR count). The van der Waals surface area contributed by atoms with Gasteiger partial charge in [0.1, 0.15) is 0 Å². The summed E-state index contributed by atoms with van der Waals surface area (Å²) < 4.78 is 39.2. The molecule has 0 aromatic heterocycles. The molecule has 1 atom stereocenters. The van der Waals surface area contributed by atoms with Crippen LogP contribution in [0, 0.1) is 0 Å². The van der Waals surface area contributed by atoms with Gasteiger partial charge in [0.15, 0.2) is 5.60 Å². The molecular formula is C25H29F3N2O3. The second-order valence-electron chi connectivity index (χ2n) is 8.73. The predicted octanol–water partition coefficient (Wildman–Crippen LogP) is 4.74. The second-order valence-corrected chi connectivity index (χ2v) is 8.73. The highest BCUT2D eigenvalue weighted by atomic mass is 19.4. The Morgan fingerprint density at radius 3 is 1.94 bits per heavy atom. The molecule has 1 fully saturated rings. The topological polar surface area (TPSA) is 83.6 Å². The van der Waals surface area contributed by atoms with Gasteiger partial charge in [-0.1, -0.05) is 24.3 Å². The van der Waals surface area contributed by atoms with E-state index in [9.17, 15) is 27.9 Å². The molecular weight excluding hydrogens is 433 g/mol. The molecule has 1 aliphatic carbocycles. The van der Waals surface area contributed by atoms with Crippen molar-refractivity contribution in [2.75, 3.05) is 6.54 Å². The number of nitrogens with zero attached hydrogens (tertiary/aromatic N) is 1. The largest absolute Gasteiger partial charge is 0.421 e. The van der Waals surface area contributed by atoms with Gasteiger partial charge >= 0.3 is 6.18 Å². The fourth-order valence-electron chi connectivity index (χ4n) is 4.47. The van der Waals surface area contributed by atoms with E-state index >= 15 is 0 Å². The van der Waals surface area contributed by atoms with Crippen molar-refractivity contribution in [3.63, 3.8) is 0 Å². The van der Waals surface area contributed by atoms with Gasteiger partial charge < -0.3 is 15.7 Å². The standard InChI is InChI=1S/C25H29F3N2O3/c1-3-30(23(32)19-8-12-20(13-9-19)24(2,33)25(26,27)28)21-14-10-17(11-15-21)16-4-6-18(7-5-16)22(29)31/h4-9,12-13,17,21,33H,3,10-11,14-15H2,1-2H3,(H2,29,31)/t17?,21?,24-/m0/s1. The Bertz CT molecular complexity index is 977. The van der Waals surface area contributed by atoms with E-state index in [-0.39, 0.29) is 17.5 Å². The molecule has 0 radical (unpaired) electrons. The molecule has 178 valence electrons. The number of halogens is 3. The molecule has 0 aliphatic heterocycles. The van der Waals surface area contributed by atoms with Crippen LogP contribution in [0.25, 0.3) is 0 Å². The number of amides is 2. The Balaban J connectivity index is 1.66. The molecule has 1 saturated carbocycles. The quantitative estimate of drug-likeness (QED) is 0.650. The van der Waals surface area contributed by atoms with Crippen LogP contribution in [0.1, 0.15) is 77.3 Å². The van der Waals surface area contributed by atoms with E-state index in [4.69, 9.17) is 5.73 Å². The van der Waals surface area contributed by atoms with Gasteiger partial charge in [0, 0.05) is 23.7 Å². The summed E-state index contributed by atoms with van der Waals surface area (Å²) in [4.78, 5) is 26.1. The lowest BCUT2D eigenvalue weighted by Crippen LogP contribution is -2.42. The highest BCUT2D eigenvalue weighted by molar-refractivity contribution is 5.94. The maximum Gasteiger partial charge on any atom is 0.421 e. The molecule has 1 aliphatic rings. The molecule has 2 amide bonds. The summed E-state index contributed by atoms with van der Waals surface area (Å²) in [6, 6.07) is 12.3. The Labute approximate surface area is 191 Å². The van der Waals surface area contributed by atoms with Crippen LogP contribution in [0.2, 0.25) is 0 Å². The van der Waals surface area contributed by atoms with Crippen molar-refractivity contribution in [1.29, 1.82) is 0 Å². The zero-order valence-electron chi connectivity index (χ0n) is 18.7. The minimum atomic E-state index is -4.81. The minimum Gasteiger partial charge on any atom is -0.376 e. The van der Waals surface area contributed by atoms with E-state index in [0.717, 1.165) is 43.4 Å². The number of carbonyl (C=O) groups is 2. The zero-order valence-corrected chi connectivity index (χ0v) is 18.7. The second kappa shape index (κ2) is 9.55. The summed E-state index contributed by atoms with van der Waals surface area (Å²) >= 11 is 0. The lowest BCUT2D eigenvalue weighted by atomic mass is 9.81. The normalized spacial score (nSPS) is 20.7. The molecule has 5 nitrogen and oxygen atoms in total. The predicted molar refractivity (Wildman–Crippen MR) is 119 cm³/mol. The van der Waals surface area contributed by atoms with Crippen molar-refractivity contribution in [1.82, 2.24) is 4.90 Å². The minimum absolute atomic E-state index is 0.0432. The van der Waals surface area contributed by atoms with Gasteiger partial charge in [-0.05, 0) is 80.8 Å². The summed E-state index contributed by atoms with van der Waals surface area (Å²) in [6.45, 7) is 3.07. The van der Waals surface area contributed by atoms with Crippen molar-refractivity contribution in [2.45, 2.75) is 63.3 Å². The third-order valence-electron chi connectivity index (χ3n) is 6.65. The first-order chi connectivity index (χ1) is 15.5. The van der Waals surface area contributed by atoms with Crippen molar-refractivity contribution in [2.24, 2.45) is 5.73 Å². The van der Waals surface area contributed by atoms with E-state index in [1.807, 2.05) is 19.1 Å². The highest BCUT2D eigenvalue weighted by Crippen LogP contribution is 2.39. The number of carbonyl (C=O) groups excluding carboxylic acids is 2. The Morgan fingerprint density at radius 1 is 0.970 bits per heavy atom. The monoisotopic (exact) mass is 462 g/mol. The van der Waals surface area contributed by atoms with Crippen LogP contribution in [0.4, 0.5) is 13.2 Å². The van der Waals surface area contributed by atoms with Crippen LogP contribution < -0.4 is 5.73 Å². The number of aliphatic hydroxyl groups is 1. The average molecular weight is 463 g/mol. The first-order valence-corrected chi connectivity index (χ1v) is 11.1. The number of rotatable bonds is 6. The van der Waals surface area contributed by atoms with E-state index in [1.54, 1.807) is 17.0 Å². The molecule has 2 aromatic carbocycles. The van der Waals surface area contributed by atoms with Gasteiger partial charge in [0.25, 0.3) is 5.91 Å². The number of nitrogens with two attached hydrogens (primary N) is 1. The van der Waals surface area contributed by atoms with Gasteiger partial charge in [-0.25, -0.2) is 0 Å². The van der Waals surface area contributed by atoms with Gasteiger partial charge in [-0.15, -0.1) is 0 Å². The highest BCUT2D eigenvalue weighted by Gasteiger charge is 2.51. The number of primary amides is 1. The summed E-state index contributed by atoms with van der Waals surface area (Å²) in [5.41, 5.74) is 3.91. The van der Waals surface area contributed by atoms with E-state index in [0.29, 0.717) is 30.5 Å². The molecule has 0 bridgehead atoms. The zero-order chi connectivity index (χ0) is 24.4. The van der Waals surface area contributed by atoms with Gasteiger partial charge in [-0.2, -0.15) is 13.2 Å². The van der Waals surface area contributed by atoms with Gasteiger partial charge in [0.2, 0.25) is 5.91 Å². The first kappa shape index (κ1) is 24.8. The molecule has 3 N–H and O–H groups in total. The fourth-order valence-corrected chi connectivity index (χ4v) is 4.47. The number of alkyl halides is 3. The maximum atomic E-state index is 13.1. The summed E-state index contributed by atoms with van der Waals surface area (Å²) in [5.74, 6) is -0.358. The van der Waals surface area contributed by atoms with Gasteiger partial charge in [0.05, 0.1) is 0 Å². The summed E-state index contributed by atoms with van der Waals surface area (Å²) in [5, 5.41) is 9.83. The van der Waals surface area contributed by atoms with E-state index in [2.05, 4.69) is 0 Å². The summed E-state index contributed by atoms with van der Waals surface area (Å²) in [7, 11) is 0. The number of benzene rings is 2. The van der Waals surface area contributed by atoms with Crippen LogP contribution in [-0.2, 0) is 5.60 Å².